The minimum Gasteiger partial charge on any atom is -0.507 e. The van der Waals surface area contributed by atoms with Crippen LogP contribution in [-0.2, 0) is 20.0 Å². The average molecular weight is 260 g/mol. The molecule has 1 heterocycles. The highest BCUT2D eigenvalue weighted by Crippen LogP contribution is 2.22. The summed E-state index contributed by atoms with van der Waals surface area (Å²) in [5, 5.41) is 17.3. The number of aromatic nitrogens is 3. The molecule has 1 aromatic heterocycles. The molecule has 0 fully saturated rings. The molecule has 0 saturated carbocycles. The normalized spacial score (nSPS) is 10.9. The first kappa shape index (κ1) is 13.5. The maximum atomic E-state index is 9.71. The summed E-state index contributed by atoms with van der Waals surface area (Å²) in [6.07, 6.45) is 2.53. The second-order valence-corrected chi connectivity index (χ2v) is 4.84. The Morgan fingerprint density at radius 2 is 1.95 bits per heavy atom. The minimum absolute atomic E-state index is 0.390. The first-order valence-corrected chi connectivity index (χ1v) is 6.40. The summed E-state index contributed by atoms with van der Waals surface area (Å²) >= 11 is 0. The highest BCUT2D eigenvalue weighted by atomic mass is 16.3. The van der Waals surface area contributed by atoms with Gasteiger partial charge in [-0.25, -0.2) is 4.98 Å². The van der Waals surface area contributed by atoms with Crippen molar-refractivity contribution in [1.29, 1.82) is 0 Å². The molecule has 0 aliphatic heterocycles. The maximum absolute atomic E-state index is 9.71. The molecule has 0 bridgehead atoms. The van der Waals surface area contributed by atoms with E-state index in [1.54, 1.807) is 11.0 Å². The molecule has 0 spiro atoms. The van der Waals surface area contributed by atoms with Gasteiger partial charge in [0.1, 0.15) is 12.1 Å². The number of nitrogens with zero attached hydrogens (tertiary/aromatic N) is 3. The zero-order valence-corrected chi connectivity index (χ0v) is 11.6. The zero-order chi connectivity index (χ0) is 13.8. The summed E-state index contributed by atoms with van der Waals surface area (Å²) < 4.78 is 1.71. The molecule has 0 aliphatic rings. The van der Waals surface area contributed by atoms with Gasteiger partial charge in [-0.3, -0.25) is 4.68 Å². The van der Waals surface area contributed by atoms with Crippen LogP contribution in [0, 0.1) is 13.8 Å². The van der Waals surface area contributed by atoms with E-state index in [9.17, 15) is 5.11 Å². The monoisotopic (exact) mass is 260 g/mol. The summed E-state index contributed by atoms with van der Waals surface area (Å²) in [6.45, 7) is 5.46. The molecule has 5 nitrogen and oxygen atoms in total. The fraction of sp³-hybridized carbons (Fsp3) is 0.429. The lowest BCUT2D eigenvalue weighted by Crippen LogP contribution is -2.17. The summed E-state index contributed by atoms with van der Waals surface area (Å²) in [7, 11) is 1.87. The Morgan fingerprint density at radius 3 is 2.53 bits per heavy atom. The third-order valence-corrected chi connectivity index (χ3v) is 3.05. The predicted molar refractivity (Wildman–Crippen MR) is 74.0 cm³/mol. The lowest BCUT2D eigenvalue weighted by Gasteiger charge is -2.08. The molecule has 0 atom stereocenters. The third kappa shape index (κ3) is 3.54. The maximum Gasteiger partial charge on any atom is 0.151 e. The van der Waals surface area contributed by atoms with Crippen molar-refractivity contribution in [3.63, 3.8) is 0 Å². The van der Waals surface area contributed by atoms with Crippen molar-refractivity contribution in [1.82, 2.24) is 20.1 Å². The number of hydrogen-bond acceptors (Lipinski definition) is 4. The average Bonchev–Trinajstić information content (AvgIpc) is 2.77. The van der Waals surface area contributed by atoms with Crippen molar-refractivity contribution >= 4 is 0 Å². The number of phenols is 1. The topological polar surface area (TPSA) is 63.0 Å². The van der Waals surface area contributed by atoms with Crippen molar-refractivity contribution in [2.45, 2.75) is 26.8 Å². The minimum atomic E-state index is 0.390. The molecule has 5 heteroatoms. The van der Waals surface area contributed by atoms with Crippen molar-refractivity contribution in [2.24, 2.45) is 7.05 Å². The molecule has 19 heavy (non-hydrogen) atoms. The first-order chi connectivity index (χ1) is 9.06. The SMILES string of the molecule is Cc1cc(CNCCc2ncn(C)n2)cc(C)c1O. The van der Waals surface area contributed by atoms with Gasteiger partial charge in [0.25, 0.3) is 0 Å². The van der Waals surface area contributed by atoms with Gasteiger partial charge in [0.2, 0.25) is 0 Å². The van der Waals surface area contributed by atoms with Gasteiger partial charge in [-0.1, -0.05) is 12.1 Å². The Hall–Kier alpha value is -1.88. The predicted octanol–water partition coefficient (Wildman–Crippen LogP) is 1.47. The molecule has 2 rings (SSSR count). The van der Waals surface area contributed by atoms with E-state index in [0.717, 1.165) is 36.5 Å². The quantitative estimate of drug-likeness (QED) is 0.799. The van der Waals surface area contributed by atoms with Crippen LogP contribution >= 0.6 is 0 Å². The number of aryl methyl sites for hydroxylation is 3. The van der Waals surface area contributed by atoms with Crippen LogP contribution in [0.15, 0.2) is 18.5 Å². The summed E-state index contributed by atoms with van der Waals surface area (Å²) in [6, 6.07) is 4.02. The van der Waals surface area contributed by atoms with Gasteiger partial charge in [0, 0.05) is 26.6 Å². The Bertz CT molecular complexity index is 539. The number of aromatic hydroxyl groups is 1. The van der Waals surface area contributed by atoms with Gasteiger partial charge in [0.15, 0.2) is 5.82 Å². The van der Waals surface area contributed by atoms with Crippen molar-refractivity contribution < 1.29 is 5.11 Å². The molecule has 0 aliphatic carbocycles. The Labute approximate surface area is 113 Å². The van der Waals surface area contributed by atoms with Gasteiger partial charge in [-0.2, -0.15) is 5.10 Å². The van der Waals surface area contributed by atoms with Crippen LogP contribution < -0.4 is 5.32 Å². The van der Waals surface area contributed by atoms with Crippen LogP contribution in [0.1, 0.15) is 22.5 Å². The van der Waals surface area contributed by atoms with Crippen molar-refractivity contribution in [3.8, 4) is 5.75 Å². The van der Waals surface area contributed by atoms with Crippen LogP contribution in [0.25, 0.3) is 0 Å². The van der Waals surface area contributed by atoms with E-state index < -0.39 is 0 Å². The van der Waals surface area contributed by atoms with Gasteiger partial charge in [-0.15, -0.1) is 0 Å². The molecule has 0 unspecified atom stereocenters. The van der Waals surface area contributed by atoms with Crippen molar-refractivity contribution in [2.75, 3.05) is 6.54 Å². The van der Waals surface area contributed by atoms with E-state index in [4.69, 9.17) is 0 Å². The molecule has 1 aromatic carbocycles. The number of nitrogens with one attached hydrogen (secondary N) is 1. The van der Waals surface area contributed by atoms with Crippen molar-refractivity contribution in [3.05, 3.63) is 41.0 Å². The van der Waals surface area contributed by atoms with Crippen LogP contribution in [0.5, 0.6) is 5.75 Å². The number of phenolic OH excluding ortho intramolecular Hbond substituents is 1. The number of benzene rings is 1. The standard InChI is InChI=1S/C14H20N4O/c1-10-6-12(7-11(2)14(10)19)8-15-5-4-13-16-9-18(3)17-13/h6-7,9,15,19H,4-5,8H2,1-3H3. The highest BCUT2D eigenvalue weighted by Gasteiger charge is 2.03. The lowest BCUT2D eigenvalue weighted by atomic mass is 10.1. The number of rotatable bonds is 5. The molecule has 0 amide bonds. The molecule has 0 saturated heterocycles. The van der Waals surface area contributed by atoms with E-state index in [1.165, 1.54) is 5.56 Å². The van der Waals surface area contributed by atoms with E-state index in [1.807, 2.05) is 33.0 Å². The van der Waals surface area contributed by atoms with E-state index in [-0.39, 0.29) is 0 Å². The molecular weight excluding hydrogens is 240 g/mol. The second-order valence-electron chi connectivity index (χ2n) is 4.84. The smallest absolute Gasteiger partial charge is 0.151 e. The second kappa shape index (κ2) is 5.84. The van der Waals surface area contributed by atoms with Crippen LogP contribution in [0.3, 0.4) is 0 Å². The largest absolute Gasteiger partial charge is 0.507 e. The fourth-order valence-corrected chi connectivity index (χ4v) is 2.08. The fourth-order valence-electron chi connectivity index (χ4n) is 2.08. The number of hydrogen-bond donors (Lipinski definition) is 2. The third-order valence-electron chi connectivity index (χ3n) is 3.05. The van der Waals surface area contributed by atoms with Gasteiger partial charge in [0.05, 0.1) is 0 Å². The Kier molecular flexibility index (Phi) is 4.16. The van der Waals surface area contributed by atoms with Crippen LogP contribution in [-0.4, -0.2) is 26.4 Å². The first-order valence-electron chi connectivity index (χ1n) is 6.40. The summed E-state index contributed by atoms with van der Waals surface area (Å²) in [5.74, 6) is 1.24. The van der Waals surface area contributed by atoms with Crippen LogP contribution in [0.4, 0.5) is 0 Å². The highest BCUT2D eigenvalue weighted by molar-refractivity contribution is 5.42. The molecule has 0 radical (unpaired) electrons. The summed E-state index contributed by atoms with van der Waals surface area (Å²) in [4.78, 5) is 4.18. The molecule has 102 valence electrons. The summed E-state index contributed by atoms with van der Waals surface area (Å²) in [5.41, 5.74) is 3.02. The van der Waals surface area contributed by atoms with E-state index in [2.05, 4.69) is 15.4 Å². The van der Waals surface area contributed by atoms with Gasteiger partial charge < -0.3 is 10.4 Å². The Balaban J connectivity index is 1.83. The van der Waals surface area contributed by atoms with E-state index in [0.29, 0.717) is 5.75 Å². The zero-order valence-electron chi connectivity index (χ0n) is 11.6. The Morgan fingerprint density at radius 1 is 1.26 bits per heavy atom. The van der Waals surface area contributed by atoms with Gasteiger partial charge >= 0.3 is 0 Å². The molecular formula is C14H20N4O. The van der Waals surface area contributed by atoms with Crippen LogP contribution in [0.2, 0.25) is 0 Å². The lowest BCUT2D eigenvalue weighted by molar-refractivity contribution is 0.466. The molecule has 2 aromatic rings. The van der Waals surface area contributed by atoms with E-state index >= 15 is 0 Å². The molecule has 2 N–H and O–H groups in total. The van der Waals surface area contributed by atoms with Gasteiger partial charge in [-0.05, 0) is 30.5 Å².